The highest BCUT2D eigenvalue weighted by Crippen LogP contribution is 2.46. The van der Waals surface area contributed by atoms with Gasteiger partial charge in [-0.2, -0.15) is 0 Å². The molecular formula is C32H25BrN2O. The molecule has 0 bridgehead atoms. The van der Waals surface area contributed by atoms with Gasteiger partial charge in [-0.25, -0.2) is 4.98 Å². The molecule has 1 unspecified atom stereocenters. The van der Waals surface area contributed by atoms with E-state index in [1.807, 2.05) is 55.9 Å². The van der Waals surface area contributed by atoms with Crippen molar-refractivity contribution in [2.45, 2.75) is 18.1 Å². The highest BCUT2D eigenvalue weighted by atomic mass is 79.9. The monoisotopic (exact) mass is 532 g/mol. The molecule has 1 atom stereocenters. The Bertz CT molecular complexity index is 1460. The van der Waals surface area contributed by atoms with E-state index >= 15 is 0 Å². The summed E-state index contributed by atoms with van der Waals surface area (Å²) in [5.74, 6) is 0. The Morgan fingerprint density at radius 2 is 1.28 bits per heavy atom. The van der Waals surface area contributed by atoms with E-state index in [9.17, 15) is 5.11 Å². The topological polar surface area (TPSA) is 38.0 Å². The molecule has 4 heteroatoms. The van der Waals surface area contributed by atoms with Gasteiger partial charge in [0.2, 0.25) is 0 Å². The van der Waals surface area contributed by atoms with Gasteiger partial charge in [0.05, 0.1) is 12.0 Å². The maximum atomic E-state index is 11.8. The molecule has 3 nitrogen and oxygen atoms in total. The van der Waals surface area contributed by atoms with Crippen LogP contribution in [0.15, 0.2) is 126 Å². The summed E-state index contributed by atoms with van der Waals surface area (Å²) in [6.45, 7) is 1.83. The van der Waals surface area contributed by atoms with Gasteiger partial charge in [-0.15, -0.1) is 0 Å². The molecule has 6 rings (SSSR count). The zero-order valence-corrected chi connectivity index (χ0v) is 21.4. The average Bonchev–Trinajstić information content (AvgIpc) is 3.40. The fraction of sp³-hybridized carbons (Fsp3) is 0.0938. The fourth-order valence-electron chi connectivity index (χ4n) is 5.34. The number of nitrogens with zero attached hydrogens (tertiary/aromatic N) is 2. The van der Waals surface area contributed by atoms with Crippen LogP contribution in [0.25, 0.3) is 11.6 Å². The standard InChI is InChI=1S/C32H25BrN2O/c1-31(36,29-20-23-19-27(33)17-18-28(23)29)30-21-35(22-34-30)32(24-11-5-2-6-12-24,25-13-7-3-8-14-25)26-15-9-4-10-16-26/h2-22,36H,1H3. The lowest BCUT2D eigenvalue weighted by molar-refractivity contribution is 0.118. The first-order chi connectivity index (χ1) is 17.5. The summed E-state index contributed by atoms with van der Waals surface area (Å²) in [7, 11) is 0. The molecule has 5 aromatic rings. The molecule has 1 aliphatic carbocycles. The van der Waals surface area contributed by atoms with Crippen molar-refractivity contribution >= 4 is 27.6 Å². The SMILES string of the molecule is CC(O)(C1=Cc2cc(Br)ccc21)c1cn(C(c2ccccc2)(c2ccccc2)c2ccccc2)cn1. The largest absolute Gasteiger partial charge is 0.379 e. The molecule has 0 aliphatic heterocycles. The summed E-state index contributed by atoms with van der Waals surface area (Å²) in [5, 5.41) is 11.8. The van der Waals surface area contributed by atoms with Crippen molar-refractivity contribution in [1.82, 2.24) is 9.55 Å². The highest BCUT2D eigenvalue weighted by molar-refractivity contribution is 9.10. The molecule has 36 heavy (non-hydrogen) atoms. The molecule has 1 heterocycles. The Hall–Kier alpha value is -3.73. The number of halogens is 1. The van der Waals surface area contributed by atoms with Gasteiger partial charge < -0.3 is 9.67 Å². The van der Waals surface area contributed by atoms with Crippen LogP contribution in [0, 0.1) is 0 Å². The summed E-state index contributed by atoms with van der Waals surface area (Å²) in [5.41, 5.74) is 5.10. The molecule has 0 spiro atoms. The number of hydrogen-bond acceptors (Lipinski definition) is 2. The van der Waals surface area contributed by atoms with Crippen molar-refractivity contribution in [3.05, 3.63) is 160 Å². The first-order valence-corrected chi connectivity index (χ1v) is 12.8. The van der Waals surface area contributed by atoms with Crippen molar-refractivity contribution in [1.29, 1.82) is 0 Å². The summed E-state index contributed by atoms with van der Waals surface area (Å²) >= 11 is 3.53. The predicted octanol–water partition coefficient (Wildman–Crippen LogP) is 7.25. The minimum atomic E-state index is -1.23. The van der Waals surface area contributed by atoms with Crippen molar-refractivity contribution in [3.8, 4) is 0 Å². The molecule has 1 aromatic heterocycles. The molecular weight excluding hydrogens is 508 g/mol. The van der Waals surface area contributed by atoms with Crippen LogP contribution >= 0.6 is 15.9 Å². The van der Waals surface area contributed by atoms with E-state index in [1.54, 1.807) is 0 Å². The summed E-state index contributed by atoms with van der Waals surface area (Å²) in [6, 6.07) is 37.5. The van der Waals surface area contributed by atoms with E-state index in [4.69, 9.17) is 4.98 Å². The van der Waals surface area contributed by atoms with Gasteiger partial charge in [-0.05, 0) is 58.5 Å². The summed E-state index contributed by atoms with van der Waals surface area (Å²) in [4.78, 5) is 4.79. The molecule has 0 fully saturated rings. The third kappa shape index (κ3) is 3.48. The van der Waals surface area contributed by atoms with Gasteiger partial charge in [0.25, 0.3) is 0 Å². The predicted molar refractivity (Wildman–Crippen MR) is 148 cm³/mol. The van der Waals surface area contributed by atoms with Crippen molar-refractivity contribution in [3.63, 3.8) is 0 Å². The second-order valence-corrected chi connectivity index (χ2v) is 10.3. The number of fused-ring (bicyclic) bond motifs is 1. The van der Waals surface area contributed by atoms with E-state index in [0.717, 1.165) is 37.9 Å². The maximum Gasteiger partial charge on any atom is 0.131 e. The van der Waals surface area contributed by atoms with Crippen molar-refractivity contribution in [2.24, 2.45) is 0 Å². The average molecular weight is 533 g/mol. The summed E-state index contributed by atoms with van der Waals surface area (Å²) < 4.78 is 3.16. The highest BCUT2D eigenvalue weighted by Gasteiger charge is 2.41. The van der Waals surface area contributed by atoms with Crippen LogP contribution < -0.4 is 0 Å². The van der Waals surface area contributed by atoms with Gasteiger partial charge in [0, 0.05) is 10.7 Å². The first-order valence-electron chi connectivity index (χ1n) is 12.0. The Balaban J connectivity index is 1.55. The first kappa shape index (κ1) is 22.7. The number of imidazole rings is 1. The minimum absolute atomic E-state index is 0.606. The molecule has 0 saturated heterocycles. The van der Waals surface area contributed by atoms with Crippen molar-refractivity contribution < 1.29 is 5.11 Å². The second-order valence-electron chi connectivity index (χ2n) is 9.34. The molecule has 0 radical (unpaired) electrons. The van der Waals surface area contributed by atoms with E-state index in [1.165, 1.54) is 0 Å². The van der Waals surface area contributed by atoms with E-state index < -0.39 is 11.1 Å². The second kappa shape index (κ2) is 8.74. The number of hydrogen-bond donors (Lipinski definition) is 1. The van der Waals surface area contributed by atoms with Crippen LogP contribution in [0.5, 0.6) is 0 Å². The quantitative estimate of drug-likeness (QED) is 0.234. The van der Waals surface area contributed by atoms with Gasteiger partial charge in [0.1, 0.15) is 11.1 Å². The molecule has 1 N–H and O–H groups in total. The molecule has 4 aromatic carbocycles. The minimum Gasteiger partial charge on any atom is -0.379 e. The third-order valence-electron chi connectivity index (χ3n) is 7.17. The van der Waals surface area contributed by atoms with Crippen LogP contribution in [0.2, 0.25) is 0 Å². The number of aliphatic hydroxyl groups is 1. The van der Waals surface area contributed by atoms with E-state index in [2.05, 4.69) is 99.4 Å². The normalized spacial score (nSPS) is 14.4. The lowest BCUT2D eigenvalue weighted by atomic mass is 9.76. The smallest absolute Gasteiger partial charge is 0.131 e. The van der Waals surface area contributed by atoms with Crippen LogP contribution in [0.3, 0.4) is 0 Å². The van der Waals surface area contributed by atoms with Crippen LogP contribution in [0.1, 0.15) is 40.4 Å². The Morgan fingerprint density at radius 3 is 1.78 bits per heavy atom. The van der Waals surface area contributed by atoms with Crippen molar-refractivity contribution in [2.75, 3.05) is 0 Å². The zero-order chi connectivity index (χ0) is 24.8. The lowest BCUT2D eigenvalue weighted by Gasteiger charge is -2.37. The summed E-state index contributed by atoms with van der Waals surface area (Å²) in [6.07, 6.45) is 5.88. The Kier molecular flexibility index (Phi) is 5.51. The zero-order valence-electron chi connectivity index (χ0n) is 19.8. The van der Waals surface area contributed by atoms with Gasteiger partial charge in [-0.3, -0.25) is 0 Å². The van der Waals surface area contributed by atoms with Gasteiger partial charge >= 0.3 is 0 Å². The molecule has 0 amide bonds. The van der Waals surface area contributed by atoms with Crippen LogP contribution in [-0.4, -0.2) is 14.7 Å². The molecule has 176 valence electrons. The molecule has 0 saturated carbocycles. The third-order valence-corrected chi connectivity index (χ3v) is 7.66. The number of aromatic nitrogens is 2. The fourth-order valence-corrected chi connectivity index (χ4v) is 5.72. The van der Waals surface area contributed by atoms with E-state index in [0.29, 0.717) is 5.69 Å². The van der Waals surface area contributed by atoms with Crippen LogP contribution in [-0.2, 0) is 11.1 Å². The lowest BCUT2D eigenvalue weighted by Crippen LogP contribution is -2.37. The van der Waals surface area contributed by atoms with Crippen LogP contribution in [0.4, 0.5) is 0 Å². The number of rotatable bonds is 6. The van der Waals surface area contributed by atoms with Gasteiger partial charge in [0.15, 0.2) is 0 Å². The Morgan fingerprint density at radius 1 is 0.750 bits per heavy atom. The van der Waals surface area contributed by atoms with Gasteiger partial charge in [-0.1, -0.05) is 113 Å². The number of benzene rings is 4. The molecule has 1 aliphatic rings. The van der Waals surface area contributed by atoms with E-state index in [-0.39, 0.29) is 0 Å². The maximum absolute atomic E-state index is 11.8. The Labute approximate surface area is 219 Å².